The van der Waals surface area contributed by atoms with Crippen LogP contribution in [0.2, 0.25) is 0 Å². The fourth-order valence-corrected chi connectivity index (χ4v) is 3.85. The number of ether oxygens (including phenoxy) is 1. The van der Waals surface area contributed by atoms with Crippen molar-refractivity contribution in [2.24, 2.45) is 0 Å². The van der Waals surface area contributed by atoms with Crippen molar-refractivity contribution in [2.75, 3.05) is 45.9 Å². The van der Waals surface area contributed by atoms with Crippen molar-refractivity contribution in [3.8, 4) is 0 Å². The van der Waals surface area contributed by atoms with Crippen LogP contribution in [0.4, 0.5) is 0 Å². The van der Waals surface area contributed by atoms with Crippen LogP contribution >= 0.6 is 0 Å². The Morgan fingerprint density at radius 3 is 2.56 bits per heavy atom. The molecule has 2 saturated heterocycles. The summed E-state index contributed by atoms with van der Waals surface area (Å²) in [6.07, 6.45) is 0. The number of morpholine rings is 1. The zero-order valence-corrected chi connectivity index (χ0v) is 10.4. The molecule has 2 heterocycles. The first kappa shape index (κ1) is 12.3. The van der Waals surface area contributed by atoms with Gasteiger partial charge in [0.1, 0.15) is 0 Å². The highest BCUT2D eigenvalue weighted by molar-refractivity contribution is 7.86. The van der Waals surface area contributed by atoms with E-state index < -0.39 is 10.2 Å². The third-order valence-electron chi connectivity index (χ3n) is 3.03. The Hall–Kier alpha value is -0.210. The molecule has 1 atom stereocenters. The quantitative estimate of drug-likeness (QED) is 0.672. The zero-order chi connectivity index (χ0) is 11.6. The third kappa shape index (κ3) is 2.38. The minimum absolute atomic E-state index is 0.0293. The molecular weight excluding hydrogens is 230 g/mol. The molecule has 0 spiro atoms. The summed E-state index contributed by atoms with van der Waals surface area (Å²) in [6.45, 7) is 5.89. The first-order valence-electron chi connectivity index (χ1n) is 5.68. The van der Waals surface area contributed by atoms with E-state index in [1.807, 2.05) is 6.92 Å². The fourth-order valence-electron chi connectivity index (χ4n) is 2.09. The summed E-state index contributed by atoms with van der Waals surface area (Å²) >= 11 is 0. The summed E-state index contributed by atoms with van der Waals surface area (Å²) in [4.78, 5) is 0. The maximum atomic E-state index is 12.3. The molecule has 16 heavy (non-hydrogen) atoms. The van der Waals surface area contributed by atoms with Crippen LogP contribution < -0.4 is 5.32 Å². The molecule has 0 radical (unpaired) electrons. The van der Waals surface area contributed by atoms with Gasteiger partial charge >= 0.3 is 0 Å². The Morgan fingerprint density at radius 1 is 1.25 bits per heavy atom. The highest BCUT2D eigenvalue weighted by Crippen LogP contribution is 2.15. The van der Waals surface area contributed by atoms with Gasteiger partial charge in [0.15, 0.2) is 0 Å². The van der Waals surface area contributed by atoms with Crippen LogP contribution in [0.5, 0.6) is 0 Å². The number of rotatable bonds is 2. The van der Waals surface area contributed by atoms with Crippen LogP contribution in [0.15, 0.2) is 0 Å². The third-order valence-corrected chi connectivity index (χ3v) is 5.19. The normalized spacial score (nSPS) is 30.4. The SMILES string of the molecule is C[C@H]1CNCCN1S(=O)(=O)N1CCOCC1. The smallest absolute Gasteiger partial charge is 0.282 e. The van der Waals surface area contributed by atoms with Crippen molar-refractivity contribution in [2.45, 2.75) is 13.0 Å². The average molecular weight is 249 g/mol. The molecule has 2 aliphatic rings. The molecule has 1 N–H and O–H groups in total. The lowest BCUT2D eigenvalue weighted by Crippen LogP contribution is -2.57. The molecule has 0 bridgehead atoms. The second-order valence-electron chi connectivity index (χ2n) is 4.18. The Kier molecular flexibility index (Phi) is 3.81. The lowest BCUT2D eigenvalue weighted by Gasteiger charge is -2.37. The predicted molar refractivity (Wildman–Crippen MR) is 60.3 cm³/mol. The van der Waals surface area contributed by atoms with Gasteiger partial charge in [0.2, 0.25) is 0 Å². The molecule has 0 aromatic carbocycles. The zero-order valence-electron chi connectivity index (χ0n) is 9.55. The first-order valence-corrected chi connectivity index (χ1v) is 7.07. The monoisotopic (exact) mass is 249 g/mol. The van der Waals surface area contributed by atoms with Crippen LogP contribution in [0.25, 0.3) is 0 Å². The van der Waals surface area contributed by atoms with Gasteiger partial charge in [0.05, 0.1) is 13.2 Å². The van der Waals surface area contributed by atoms with E-state index in [1.165, 1.54) is 4.31 Å². The Bertz CT molecular complexity index is 327. The second-order valence-corrected chi connectivity index (χ2v) is 6.06. The number of piperazine rings is 1. The largest absolute Gasteiger partial charge is 0.379 e. The predicted octanol–water partition coefficient (Wildman–Crippen LogP) is -1.14. The van der Waals surface area contributed by atoms with E-state index in [-0.39, 0.29) is 6.04 Å². The van der Waals surface area contributed by atoms with Gasteiger partial charge in [-0.05, 0) is 6.92 Å². The van der Waals surface area contributed by atoms with Crippen molar-refractivity contribution >= 4 is 10.2 Å². The van der Waals surface area contributed by atoms with E-state index in [2.05, 4.69) is 5.32 Å². The van der Waals surface area contributed by atoms with E-state index in [0.717, 1.165) is 13.1 Å². The molecule has 2 rings (SSSR count). The molecule has 0 saturated carbocycles. The van der Waals surface area contributed by atoms with E-state index >= 15 is 0 Å². The van der Waals surface area contributed by atoms with E-state index in [9.17, 15) is 8.42 Å². The molecule has 0 aromatic heterocycles. The van der Waals surface area contributed by atoms with Crippen LogP contribution in [-0.2, 0) is 14.9 Å². The summed E-state index contributed by atoms with van der Waals surface area (Å²) in [5.74, 6) is 0. The number of hydrogen-bond acceptors (Lipinski definition) is 4. The van der Waals surface area contributed by atoms with E-state index in [4.69, 9.17) is 4.74 Å². The molecule has 0 amide bonds. The van der Waals surface area contributed by atoms with Gasteiger partial charge in [0.25, 0.3) is 10.2 Å². The lowest BCUT2D eigenvalue weighted by molar-refractivity contribution is 0.0688. The highest BCUT2D eigenvalue weighted by atomic mass is 32.2. The molecule has 2 aliphatic heterocycles. The lowest BCUT2D eigenvalue weighted by atomic mass is 10.3. The van der Waals surface area contributed by atoms with Crippen molar-refractivity contribution in [3.63, 3.8) is 0 Å². The van der Waals surface area contributed by atoms with Crippen LogP contribution in [0.1, 0.15) is 6.92 Å². The van der Waals surface area contributed by atoms with Gasteiger partial charge in [-0.15, -0.1) is 0 Å². The average Bonchev–Trinajstić information content (AvgIpc) is 2.30. The summed E-state index contributed by atoms with van der Waals surface area (Å²) < 4.78 is 32.9. The van der Waals surface area contributed by atoms with Crippen LogP contribution in [-0.4, -0.2) is 69.0 Å². The molecule has 7 heteroatoms. The molecular formula is C9H19N3O3S. The number of nitrogens with one attached hydrogen (secondary N) is 1. The summed E-state index contributed by atoms with van der Waals surface area (Å²) in [5, 5.41) is 3.19. The molecule has 0 aliphatic carbocycles. The van der Waals surface area contributed by atoms with Crippen molar-refractivity contribution in [1.29, 1.82) is 0 Å². The topological polar surface area (TPSA) is 61.9 Å². The molecule has 6 nitrogen and oxygen atoms in total. The van der Waals surface area contributed by atoms with Crippen LogP contribution in [0.3, 0.4) is 0 Å². The second kappa shape index (κ2) is 4.97. The van der Waals surface area contributed by atoms with Gasteiger partial charge < -0.3 is 10.1 Å². The minimum atomic E-state index is -3.29. The van der Waals surface area contributed by atoms with Gasteiger partial charge in [0, 0.05) is 38.8 Å². The fraction of sp³-hybridized carbons (Fsp3) is 1.00. The van der Waals surface area contributed by atoms with Crippen molar-refractivity contribution in [3.05, 3.63) is 0 Å². The standard InChI is InChI=1S/C9H19N3O3S/c1-9-8-10-2-3-12(9)16(13,14)11-4-6-15-7-5-11/h9-10H,2-8H2,1H3/t9-/m0/s1. The molecule has 0 aromatic rings. The Labute approximate surface area is 96.7 Å². The first-order chi connectivity index (χ1) is 7.62. The van der Waals surface area contributed by atoms with Gasteiger partial charge in [-0.1, -0.05) is 0 Å². The van der Waals surface area contributed by atoms with Crippen molar-refractivity contribution in [1.82, 2.24) is 13.9 Å². The summed E-state index contributed by atoms with van der Waals surface area (Å²) in [5.41, 5.74) is 0. The summed E-state index contributed by atoms with van der Waals surface area (Å²) in [6, 6.07) is 0.0293. The summed E-state index contributed by atoms with van der Waals surface area (Å²) in [7, 11) is -3.29. The Morgan fingerprint density at radius 2 is 1.94 bits per heavy atom. The van der Waals surface area contributed by atoms with Gasteiger partial charge in [-0.3, -0.25) is 0 Å². The molecule has 94 valence electrons. The van der Waals surface area contributed by atoms with Gasteiger partial charge in [-0.25, -0.2) is 0 Å². The van der Waals surface area contributed by atoms with Crippen LogP contribution in [0, 0.1) is 0 Å². The van der Waals surface area contributed by atoms with E-state index in [0.29, 0.717) is 32.8 Å². The Balaban J connectivity index is 2.10. The number of nitrogens with zero attached hydrogens (tertiary/aromatic N) is 2. The minimum Gasteiger partial charge on any atom is -0.379 e. The molecule has 0 unspecified atom stereocenters. The van der Waals surface area contributed by atoms with E-state index in [1.54, 1.807) is 4.31 Å². The molecule has 2 fully saturated rings. The highest BCUT2D eigenvalue weighted by Gasteiger charge is 2.35. The number of hydrogen-bond donors (Lipinski definition) is 1. The van der Waals surface area contributed by atoms with Gasteiger partial charge in [-0.2, -0.15) is 17.0 Å². The maximum Gasteiger partial charge on any atom is 0.282 e. The maximum absolute atomic E-state index is 12.3. The van der Waals surface area contributed by atoms with Crippen molar-refractivity contribution < 1.29 is 13.2 Å².